The maximum absolute atomic E-state index is 13.9. The molecule has 0 aliphatic carbocycles. The van der Waals surface area contributed by atoms with Gasteiger partial charge in [0.15, 0.2) is 0 Å². The summed E-state index contributed by atoms with van der Waals surface area (Å²) in [6, 6.07) is 15.5. The number of pyridine rings is 1. The van der Waals surface area contributed by atoms with E-state index >= 15 is 0 Å². The van der Waals surface area contributed by atoms with Crippen LogP contribution in [0.15, 0.2) is 67.0 Å². The minimum atomic E-state index is -0.460. The molecule has 2 nitrogen and oxygen atoms in total. The lowest BCUT2D eigenvalue weighted by atomic mass is 10.0. The number of hydrogen-bond acceptors (Lipinski definition) is 2. The molecule has 0 radical (unpaired) electrons. The van der Waals surface area contributed by atoms with Gasteiger partial charge in [-0.3, -0.25) is 9.88 Å². The average molecular weight is 324 g/mol. The van der Waals surface area contributed by atoms with Crippen molar-refractivity contribution in [3.05, 3.63) is 89.8 Å². The van der Waals surface area contributed by atoms with E-state index in [1.165, 1.54) is 11.6 Å². The average Bonchev–Trinajstić information content (AvgIpc) is 2.58. The fourth-order valence-corrected chi connectivity index (χ4v) is 2.70. The summed E-state index contributed by atoms with van der Waals surface area (Å²) in [5, 5.41) is 0. The Labute approximate surface area is 140 Å². The molecule has 0 spiro atoms. The van der Waals surface area contributed by atoms with Gasteiger partial charge >= 0.3 is 0 Å². The molecule has 0 aliphatic heterocycles. The number of rotatable bonds is 5. The molecule has 0 unspecified atom stereocenters. The minimum absolute atomic E-state index is 0.232. The summed E-state index contributed by atoms with van der Waals surface area (Å²) < 4.78 is 27.3. The Morgan fingerprint density at radius 2 is 1.62 bits per heavy atom. The number of halogens is 2. The molecule has 2 aromatic carbocycles. The van der Waals surface area contributed by atoms with Crippen molar-refractivity contribution >= 4 is 0 Å². The van der Waals surface area contributed by atoms with Crippen molar-refractivity contribution < 1.29 is 8.78 Å². The van der Waals surface area contributed by atoms with Crippen LogP contribution in [0.3, 0.4) is 0 Å². The van der Waals surface area contributed by atoms with Gasteiger partial charge < -0.3 is 0 Å². The molecule has 0 fully saturated rings. The Kier molecular flexibility index (Phi) is 4.96. The Hall–Kier alpha value is -2.59. The Bertz CT molecular complexity index is 819. The molecule has 3 aromatic rings. The highest BCUT2D eigenvalue weighted by Crippen LogP contribution is 2.24. The zero-order valence-corrected chi connectivity index (χ0v) is 13.4. The maximum atomic E-state index is 13.9. The first-order valence-corrected chi connectivity index (χ1v) is 7.73. The third-order valence-corrected chi connectivity index (χ3v) is 3.78. The normalized spacial score (nSPS) is 11.0. The summed E-state index contributed by atoms with van der Waals surface area (Å²) in [6.45, 7) is 1.48. The molecular formula is C20H18F2N2. The zero-order valence-electron chi connectivity index (χ0n) is 13.4. The lowest BCUT2D eigenvalue weighted by molar-refractivity contribution is 0.319. The molecule has 0 atom stereocenters. The Morgan fingerprint density at radius 3 is 2.42 bits per heavy atom. The summed E-state index contributed by atoms with van der Waals surface area (Å²) in [4.78, 5) is 6.33. The van der Waals surface area contributed by atoms with Gasteiger partial charge in [0.2, 0.25) is 0 Å². The lowest BCUT2D eigenvalue weighted by Crippen LogP contribution is -2.17. The summed E-state index contributed by atoms with van der Waals surface area (Å²) >= 11 is 0. The van der Waals surface area contributed by atoms with E-state index in [2.05, 4.69) is 22.0 Å². The molecule has 1 aromatic heterocycles. The summed E-state index contributed by atoms with van der Waals surface area (Å²) in [7, 11) is 2.02. The van der Waals surface area contributed by atoms with E-state index in [1.807, 2.05) is 31.3 Å². The second kappa shape index (κ2) is 7.32. The molecule has 0 N–H and O–H groups in total. The third kappa shape index (κ3) is 4.03. The van der Waals surface area contributed by atoms with Gasteiger partial charge in [-0.15, -0.1) is 0 Å². The van der Waals surface area contributed by atoms with E-state index in [0.717, 1.165) is 24.2 Å². The standard InChI is InChI=1S/C20H18F2N2/c1-24(13-15-5-3-2-4-6-15)14-16-9-17(12-23-11-16)19-10-18(21)7-8-20(19)22/h2-12H,13-14H2,1H3. The van der Waals surface area contributed by atoms with Crippen molar-refractivity contribution in [3.8, 4) is 11.1 Å². The van der Waals surface area contributed by atoms with Crippen molar-refractivity contribution in [2.45, 2.75) is 13.1 Å². The fourth-order valence-electron chi connectivity index (χ4n) is 2.70. The molecule has 122 valence electrons. The van der Waals surface area contributed by atoms with E-state index in [9.17, 15) is 8.78 Å². The number of benzene rings is 2. The second-order valence-electron chi connectivity index (χ2n) is 5.86. The van der Waals surface area contributed by atoms with E-state index in [4.69, 9.17) is 0 Å². The fraction of sp³-hybridized carbons (Fsp3) is 0.150. The Balaban J connectivity index is 1.77. The largest absolute Gasteiger partial charge is 0.298 e. The van der Waals surface area contributed by atoms with Gasteiger partial charge in [0.25, 0.3) is 0 Å². The second-order valence-corrected chi connectivity index (χ2v) is 5.86. The smallest absolute Gasteiger partial charge is 0.131 e. The molecule has 1 heterocycles. The van der Waals surface area contributed by atoms with Crippen LogP contribution in [0.5, 0.6) is 0 Å². The van der Waals surface area contributed by atoms with Crippen molar-refractivity contribution in [2.75, 3.05) is 7.05 Å². The highest BCUT2D eigenvalue weighted by molar-refractivity contribution is 5.63. The molecular weight excluding hydrogens is 306 g/mol. The molecule has 0 aliphatic rings. The van der Waals surface area contributed by atoms with Crippen LogP contribution >= 0.6 is 0 Å². The van der Waals surface area contributed by atoms with Crippen LogP contribution in [-0.2, 0) is 13.1 Å². The number of nitrogens with zero attached hydrogens (tertiary/aromatic N) is 2. The highest BCUT2D eigenvalue weighted by atomic mass is 19.1. The highest BCUT2D eigenvalue weighted by Gasteiger charge is 2.09. The van der Waals surface area contributed by atoms with Gasteiger partial charge in [-0.2, -0.15) is 0 Å². The first-order valence-electron chi connectivity index (χ1n) is 7.73. The molecule has 4 heteroatoms. The molecule has 3 rings (SSSR count). The lowest BCUT2D eigenvalue weighted by Gasteiger charge is -2.17. The van der Waals surface area contributed by atoms with Crippen molar-refractivity contribution in [3.63, 3.8) is 0 Å². The van der Waals surface area contributed by atoms with Gasteiger partial charge in [0.1, 0.15) is 11.6 Å². The van der Waals surface area contributed by atoms with Crippen LogP contribution in [0.2, 0.25) is 0 Å². The number of hydrogen-bond donors (Lipinski definition) is 0. The van der Waals surface area contributed by atoms with Gasteiger partial charge in [-0.05, 0) is 42.4 Å². The van der Waals surface area contributed by atoms with Crippen LogP contribution in [0.4, 0.5) is 8.78 Å². The van der Waals surface area contributed by atoms with Crippen molar-refractivity contribution in [1.29, 1.82) is 0 Å². The minimum Gasteiger partial charge on any atom is -0.298 e. The maximum Gasteiger partial charge on any atom is 0.131 e. The van der Waals surface area contributed by atoms with Crippen LogP contribution < -0.4 is 0 Å². The summed E-state index contributed by atoms with van der Waals surface area (Å²) in [6.07, 6.45) is 3.31. The van der Waals surface area contributed by atoms with E-state index in [1.54, 1.807) is 12.4 Å². The van der Waals surface area contributed by atoms with Gasteiger partial charge in [-0.1, -0.05) is 30.3 Å². The predicted octanol–water partition coefficient (Wildman–Crippen LogP) is 4.66. The van der Waals surface area contributed by atoms with Crippen LogP contribution in [0.1, 0.15) is 11.1 Å². The molecule has 24 heavy (non-hydrogen) atoms. The zero-order chi connectivity index (χ0) is 16.9. The molecule has 0 amide bonds. The van der Waals surface area contributed by atoms with Crippen LogP contribution in [0.25, 0.3) is 11.1 Å². The van der Waals surface area contributed by atoms with E-state index < -0.39 is 11.6 Å². The van der Waals surface area contributed by atoms with Crippen molar-refractivity contribution in [2.24, 2.45) is 0 Å². The predicted molar refractivity (Wildman–Crippen MR) is 91.2 cm³/mol. The van der Waals surface area contributed by atoms with E-state index in [0.29, 0.717) is 12.1 Å². The van der Waals surface area contributed by atoms with Crippen LogP contribution in [0, 0.1) is 11.6 Å². The van der Waals surface area contributed by atoms with Crippen LogP contribution in [-0.4, -0.2) is 16.9 Å². The first kappa shape index (κ1) is 16.3. The molecule has 0 saturated heterocycles. The van der Waals surface area contributed by atoms with E-state index in [-0.39, 0.29) is 5.56 Å². The molecule has 0 bridgehead atoms. The summed E-state index contributed by atoms with van der Waals surface area (Å²) in [5.74, 6) is -0.911. The quantitative estimate of drug-likeness (QED) is 0.678. The third-order valence-electron chi connectivity index (χ3n) is 3.78. The molecule has 0 saturated carbocycles. The summed E-state index contributed by atoms with van der Waals surface area (Å²) in [5.41, 5.74) is 2.99. The monoisotopic (exact) mass is 324 g/mol. The Morgan fingerprint density at radius 1 is 0.875 bits per heavy atom. The van der Waals surface area contributed by atoms with Crippen molar-refractivity contribution in [1.82, 2.24) is 9.88 Å². The van der Waals surface area contributed by atoms with Gasteiger partial charge in [-0.25, -0.2) is 8.78 Å². The topological polar surface area (TPSA) is 16.1 Å². The first-order chi connectivity index (χ1) is 11.6. The van der Waals surface area contributed by atoms with Gasteiger partial charge in [0.05, 0.1) is 0 Å². The number of aromatic nitrogens is 1. The van der Waals surface area contributed by atoms with Gasteiger partial charge in [0, 0.05) is 36.6 Å². The SMILES string of the molecule is CN(Cc1ccccc1)Cc1cncc(-c2cc(F)ccc2F)c1.